The van der Waals surface area contributed by atoms with E-state index in [-0.39, 0.29) is 48.1 Å². The van der Waals surface area contributed by atoms with E-state index >= 15 is 0 Å². The van der Waals surface area contributed by atoms with E-state index < -0.39 is 41.6 Å². The van der Waals surface area contributed by atoms with Gasteiger partial charge in [-0.05, 0) is 48.9 Å². The van der Waals surface area contributed by atoms with Gasteiger partial charge in [0.1, 0.15) is 17.1 Å². The third-order valence-electron chi connectivity index (χ3n) is 8.25. The van der Waals surface area contributed by atoms with Crippen molar-refractivity contribution in [3.05, 3.63) is 56.0 Å². The topological polar surface area (TPSA) is 114 Å². The first-order valence-electron chi connectivity index (χ1n) is 12.6. The molecule has 0 bridgehead atoms. The number of benzene rings is 1. The van der Waals surface area contributed by atoms with Crippen molar-refractivity contribution in [3.63, 3.8) is 0 Å². The lowest BCUT2D eigenvalue weighted by Gasteiger charge is -2.32. The van der Waals surface area contributed by atoms with E-state index in [1.165, 1.54) is 6.07 Å². The lowest BCUT2D eigenvalue weighted by molar-refractivity contribution is -0.205. The minimum absolute atomic E-state index is 0.0177. The van der Waals surface area contributed by atoms with Crippen LogP contribution >= 0.6 is 12.2 Å². The SMILES string of the molecule is CC[C@@]1(O)C(=O)OCc2c1cc1n(c2=S)Cc2c-1nc1cc(F)c(C)c3c1c2[C@@H](NC(=O)[C@H](O)C(F)(F)F)CC3. The molecule has 0 spiro atoms. The van der Waals surface area contributed by atoms with Crippen molar-refractivity contribution in [2.45, 2.75) is 70.2 Å². The summed E-state index contributed by atoms with van der Waals surface area (Å²) in [5.41, 5.74) is 1.87. The van der Waals surface area contributed by atoms with Crippen LogP contribution in [0.3, 0.4) is 0 Å². The van der Waals surface area contributed by atoms with Gasteiger partial charge >= 0.3 is 12.1 Å². The highest BCUT2D eigenvalue weighted by Gasteiger charge is 2.46. The van der Waals surface area contributed by atoms with Gasteiger partial charge in [-0.1, -0.05) is 19.1 Å². The first-order chi connectivity index (χ1) is 18.8. The van der Waals surface area contributed by atoms with Crippen molar-refractivity contribution in [2.75, 3.05) is 0 Å². The number of nitrogens with zero attached hydrogens (tertiary/aromatic N) is 2. The minimum Gasteiger partial charge on any atom is -0.458 e. The molecule has 1 aromatic carbocycles. The lowest BCUT2D eigenvalue weighted by Crippen LogP contribution is -2.45. The van der Waals surface area contributed by atoms with Gasteiger partial charge in [0.15, 0.2) is 5.60 Å². The van der Waals surface area contributed by atoms with E-state index in [9.17, 15) is 37.4 Å². The number of pyridine rings is 2. The van der Waals surface area contributed by atoms with Gasteiger partial charge in [0, 0.05) is 28.1 Å². The van der Waals surface area contributed by atoms with Crippen LogP contribution < -0.4 is 5.32 Å². The number of nitrogens with one attached hydrogen (secondary N) is 1. The third kappa shape index (κ3) is 3.63. The summed E-state index contributed by atoms with van der Waals surface area (Å²) in [7, 11) is 0. The number of aryl methyl sites for hydroxylation is 1. The molecule has 6 rings (SSSR count). The molecule has 0 saturated heterocycles. The van der Waals surface area contributed by atoms with Crippen LogP contribution in [0.5, 0.6) is 0 Å². The quantitative estimate of drug-likeness (QED) is 0.192. The number of ether oxygens (including phenoxy) is 1. The monoisotopic (exact) mass is 577 g/mol. The van der Waals surface area contributed by atoms with E-state index in [0.717, 1.165) is 0 Å². The Hall–Kier alpha value is -3.42. The van der Waals surface area contributed by atoms with Crippen molar-refractivity contribution in [2.24, 2.45) is 0 Å². The average Bonchev–Trinajstić information content (AvgIpc) is 3.27. The molecule has 2 aliphatic heterocycles. The van der Waals surface area contributed by atoms with Gasteiger partial charge in [0.2, 0.25) is 6.10 Å². The molecule has 0 fully saturated rings. The first kappa shape index (κ1) is 26.8. The maximum absolute atomic E-state index is 14.9. The molecule has 2 aromatic heterocycles. The van der Waals surface area contributed by atoms with E-state index in [1.807, 2.05) is 0 Å². The zero-order chi connectivity index (χ0) is 28.9. The predicted octanol–water partition coefficient (Wildman–Crippen LogP) is 3.92. The Labute approximate surface area is 229 Å². The number of carbonyl (C=O) groups excluding carboxylic acids is 2. The Kier molecular flexibility index (Phi) is 5.88. The molecule has 3 aliphatic rings. The molecular weight excluding hydrogens is 554 g/mol. The van der Waals surface area contributed by atoms with Crippen molar-refractivity contribution in [1.82, 2.24) is 14.9 Å². The third-order valence-corrected chi connectivity index (χ3v) is 8.72. The van der Waals surface area contributed by atoms with Gasteiger partial charge < -0.3 is 24.8 Å². The minimum atomic E-state index is -5.15. The summed E-state index contributed by atoms with van der Waals surface area (Å²) in [5, 5.41) is 23.6. The number of esters is 1. The van der Waals surface area contributed by atoms with Gasteiger partial charge in [-0.3, -0.25) is 4.79 Å². The number of halogens is 4. The molecule has 40 heavy (non-hydrogen) atoms. The molecule has 0 saturated carbocycles. The van der Waals surface area contributed by atoms with Crippen LogP contribution in [0.4, 0.5) is 17.6 Å². The summed E-state index contributed by atoms with van der Waals surface area (Å²) in [4.78, 5) is 29.7. The number of fused-ring (bicyclic) bond motifs is 5. The summed E-state index contributed by atoms with van der Waals surface area (Å²) < 4.78 is 61.5. The van der Waals surface area contributed by atoms with E-state index in [2.05, 4.69) is 5.32 Å². The zero-order valence-corrected chi connectivity index (χ0v) is 22.1. The smallest absolute Gasteiger partial charge is 0.423 e. The lowest BCUT2D eigenvalue weighted by atomic mass is 9.81. The molecule has 3 aromatic rings. The Balaban J connectivity index is 1.60. The van der Waals surface area contributed by atoms with Gasteiger partial charge in [-0.2, -0.15) is 13.2 Å². The fourth-order valence-electron chi connectivity index (χ4n) is 6.10. The van der Waals surface area contributed by atoms with Gasteiger partial charge in [0.25, 0.3) is 5.91 Å². The summed E-state index contributed by atoms with van der Waals surface area (Å²) in [6, 6.07) is 1.90. The van der Waals surface area contributed by atoms with Crippen molar-refractivity contribution < 1.29 is 42.1 Å². The number of cyclic esters (lactones) is 1. The second-order valence-electron chi connectivity index (χ2n) is 10.4. The molecule has 3 N–H and O–H groups in total. The number of aliphatic hydroxyl groups is 2. The molecule has 210 valence electrons. The molecule has 4 heterocycles. The van der Waals surface area contributed by atoms with Crippen molar-refractivity contribution >= 4 is 35.0 Å². The second-order valence-corrected chi connectivity index (χ2v) is 10.7. The Morgan fingerprint density at radius 3 is 2.73 bits per heavy atom. The van der Waals surface area contributed by atoms with Crippen LogP contribution in [-0.4, -0.2) is 43.9 Å². The van der Waals surface area contributed by atoms with Crippen LogP contribution in [0.1, 0.15) is 59.2 Å². The van der Waals surface area contributed by atoms with Crippen LogP contribution in [0.2, 0.25) is 0 Å². The summed E-state index contributed by atoms with van der Waals surface area (Å²) in [5.74, 6) is -2.90. The number of aromatic nitrogens is 2. The number of amides is 1. The number of hydrogen-bond donors (Lipinski definition) is 3. The van der Waals surface area contributed by atoms with Crippen LogP contribution in [-0.2, 0) is 39.5 Å². The van der Waals surface area contributed by atoms with Crippen LogP contribution in [0.25, 0.3) is 22.3 Å². The predicted molar refractivity (Wildman–Crippen MR) is 135 cm³/mol. The molecule has 0 radical (unpaired) electrons. The standard InChI is InChI=1S/C27H23F4N3O5S/c1-3-26(38)14-6-18-21-12(8-34(18)24(40)13(14)9-39-25(26)37)20-16(33-23(36)22(35)27(29,30)31)5-4-11-10(2)15(28)7-17(32-21)19(11)20/h6-7,16,22,35,38H,3-5,8-9H2,1-2H3,(H,33,36)/t16-,22-,26-/m0/s1. The largest absolute Gasteiger partial charge is 0.458 e. The van der Waals surface area contributed by atoms with E-state index in [1.54, 1.807) is 24.5 Å². The molecule has 13 heteroatoms. The van der Waals surface area contributed by atoms with Crippen LogP contribution in [0, 0.1) is 17.4 Å². The molecule has 8 nitrogen and oxygen atoms in total. The van der Waals surface area contributed by atoms with Crippen molar-refractivity contribution in [1.29, 1.82) is 0 Å². The maximum Gasteiger partial charge on any atom is 0.423 e. The maximum atomic E-state index is 14.9. The number of aliphatic hydroxyl groups excluding tert-OH is 1. The van der Waals surface area contributed by atoms with Gasteiger partial charge in [-0.15, -0.1) is 0 Å². The highest BCUT2D eigenvalue weighted by Crippen LogP contribution is 2.47. The molecular formula is C27H23F4N3O5S. The number of rotatable bonds is 3. The average molecular weight is 578 g/mol. The molecule has 3 atom stereocenters. The number of hydrogen-bond acceptors (Lipinski definition) is 7. The molecule has 1 amide bonds. The highest BCUT2D eigenvalue weighted by molar-refractivity contribution is 7.71. The highest BCUT2D eigenvalue weighted by atomic mass is 32.1. The Morgan fingerprint density at radius 1 is 1.32 bits per heavy atom. The number of alkyl halides is 3. The van der Waals surface area contributed by atoms with E-state index in [4.69, 9.17) is 21.9 Å². The van der Waals surface area contributed by atoms with Gasteiger partial charge in [-0.25, -0.2) is 14.2 Å². The van der Waals surface area contributed by atoms with Gasteiger partial charge in [0.05, 0.1) is 29.5 Å². The Morgan fingerprint density at radius 2 is 2.05 bits per heavy atom. The zero-order valence-electron chi connectivity index (χ0n) is 21.3. The fourth-order valence-corrected chi connectivity index (χ4v) is 6.43. The first-order valence-corrected chi connectivity index (χ1v) is 13.1. The summed E-state index contributed by atoms with van der Waals surface area (Å²) >= 11 is 5.73. The second kappa shape index (κ2) is 8.79. The Bertz CT molecular complexity index is 1720. The fraction of sp³-hybridized carbons (Fsp3) is 0.407. The van der Waals surface area contributed by atoms with E-state index in [0.29, 0.717) is 44.6 Å². The molecule has 0 unspecified atom stereocenters. The number of carbonyl (C=O) groups is 2. The molecule has 1 aliphatic carbocycles. The normalized spacial score (nSPS) is 21.9. The van der Waals surface area contributed by atoms with Crippen molar-refractivity contribution in [3.8, 4) is 11.4 Å². The summed E-state index contributed by atoms with van der Waals surface area (Å²) in [6.07, 6.45) is -7.91. The summed E-state index contributed by atoms with van der Waals surface area (Å²) in [6.45, 7) is 3.22. The van der Waals surface area contributed by atoms with Crippen LogP contribution in [0.15, 0.2) is 12.1 Å².